The molecule has 1 amide bonds. The van der Waals surface area contributed by atoms with Gasteiger partial charge in [-0.1, -0.05) is 19.4 Å². The van der Waals surface area contributed by atoms with Gasteiger partial charge in [-0.05, 0) is 25.2 Å². The molecule has 0 heterocycles. The second-order valence-electron chi connectivity index (χ2n) is 5.10. The fourth-order valence-electron chi connectivity index (χ4n) is 2.59. The van der Waals surface area contributed by atoms with Gasteiger partial charge < -0.3 is 20.8 Å². The van der Waals surface area contributed by atoms with Gasteiger partial charge in [0.25, 0.3) is 0 Å². The molecule has 6 nitrogen and oxygen atoms in total. The number of hydrogen-bond acceptors (Lipinski definition) is 3. The Morgan fingerprint density at radius 1 is 1.63 bits per heavy atom. The van der Waals surface area contributed by atoms with Gasteiger partial charge in [-0.15, -0.1) is 0 Å². The van der Waals surface area contributed by atoms with Gasteiger partial charge in [-0.25, -0.2) is 0 Å². The van der Waals surface area contributed by atoms with Crippen molar-refractivity contribution in [1.82, 2.24) is 5.32 Å². The third-order valence-corrected chi connectivity index (χ3v) is 4.61. The molecule has 0 bridgehead atoms. The Bertz CT molecular complexity index is 405. The SMILES string of the molecule is CCC[C@H](NC(C)=O)[C@H]1CC=C(P(=O)(O)O)C[C@@H]1N. The van der Waals surface area contributed by atoms with E-state index in [1.54, 1.807) is 6.08 Å². The number of carbonyl (C=O) groups excluding carboxylic acids is 1. The van der Waals surface area contributed by atoms with Crippen LogP contribution in [0.25, 0.3) is 0 Å². The first kappa shape index (κ1) is 16.4. The Morgan fingerprint density at radius 3 is 2.68 bits per heavy atom. The molecule has 1 aliphatic carbocycles. The molecule has 0 radical (unpaired) electrons. The highest BCUT2D eigenvalue weighted by Crippen LogP contribution is 2.49. The minimum atomic E-state index is -4.18. The predicted molar refractivity (Wildman–Crippen MR) is 73.3 cm³/mol. The lowest BCUT2D eigenvalue weighted by molar-refractivity contribution is -0.120. The summed E-state index contributed by atoms with van der Waals surface area (Å²) in [6.07, 6.45) is 4.00. The van der Waals surface area contributed by atoms with Gasteiger partial charge in [-0.3, -0.25) is 9.36 Å². The van der Waals surface area contributed by atoms with E-state index in [0.29, 0.717) is 6.42 Å². The second-order valence-corrected chi connectivity index (χ2v) is 6.77. The van der Waals surface area contributed by atoms with Crippen molar-refractivity contribution in [3.8, 4) is 0 Å². The molecule has 1 aliphatic rings. The summed E-state index contributed by atoms with van der Waals surface area (Å²) in [5.41, 5.74) is 6.04. The number of hydrogen-bond donors (Lipinski definition) is 4. The quantitative estimate of drug-likeness (QED) is 0.566. The summed E-state index contributed by atoms with van der Waals surface area (Å²) in [6, 6.07) is -0.372. The molecule has 0 aromatic rings. The van der Waals surface area contributed by atoms with Crippen LogP contribution in [-0.4, -0.2) is 27.8 Å². The number of nitrogens with two attached hydrogens (primary N) is 1. The molecule has 7 heteroatoms. The highest BCUT2D eigenvalue weighted by molar-refractivity contribution is 7.56. The normalized spacial score (nSPS) is 25.6. The molecule has 5 N–H and O–H groups in total. The van der Waals surface area contributed by atoms with E-state index in [0.717, 1.165) is 12.8 Å². The molecule has 3 atom stereocenters. The molecule has 0 saturated carbocycles. The highest BCUT2D eigenvalue weighted by atomic mass is 31.2. The Hall–Kier alpha value is -0.680. The number of allylic oxidation sites excluding steroid dienone is 1. The maximum Gasteiger partial charge on any atom is 0.351 e. The van der Waals surface area contributed by atoms with E-state index in [1.807, 2.05) is 6.92 Å². The number of rotatable bonds is 5. The first-order chi connectivity index (χ1) is 8.75. The molecule has 0 unspecified atom stereocenters. The summed E-state index contributed by atoms with van der Waals surface area (Å²) in [6.45, 7) is 3.49. The Kier molecular flexibility index (Phi) is 5.74. The summed E-state index contributed by atoms with van der Waals surface area (Å²) in [7, 11) is -4.18. The van der Waals surface area contributed by atoms with E-state index >= 15 is 0 Å². The molecule has 0 spiro atoms. The van der Waals surface area contributed by atoms with Crippen molar-refractivity contribution >= 4 is 13.5 Å². The van der Waals surface area contributed by atoms with Crippen LogP contribution < -0.4 is 11.1 Å². The molecular weight excluding hydrogens is 267 g/mol. The minimum absolute atomic E-state index is 0.0270. The Morgan fingerprint density at radius 2 is 2.26 bits per heavy atom. The van der Waals surface area contributed by atoms with Crippen molar-refractivity contribution in [3.63, 3.8) is 0 Å². The molecule has 1 rings (SSSR count). The fourth-order valence-corrected chi connectivity index (χ4v) is 3.38. The zero-order chi connectivity index (χ0) is 14.6. The van der Waals surface area contributed by atoms with Gasteiger partial charge in [0.05, 0.1) is 0 Å². The molecule has 110 valence electrons. The number of carbonyl (C=O) groups is 1. The topological polar surface area (TPSA) is 113 Å². The van der Waals surface area contributed by atoms with E-state index in [-0.39, 0.29) is 35.6 Å². The summed E-state index contributed by atoms with van der Waals surface area (Å²) < 4.78 is 11.2. The van der Waals surface area contributed by atoms with Crippen LogP contribution in [0.5, 0.6) is 0 Å². The molecule has 0 fully saturated rings. The van der Waals surface area contributed by atoms with Crippen molar-refractivity contribution in [2.45, 2.75) is 51.6 Å². The van der Waals surface area contributed by atoms with Gasteiger partial charge in [-0.2, -0.15) is 0 Å². The van der Waals surface area contributed by atoms with Crippen LogP contribution in [0, 0.1) is 5.92 Å². The van der Waals surface area contributed by atoms with Crippen LogP contribution in [0.4, 0.5) is 0 Å². The summed E-state index contributed by atoms with van der Waals surface area (Å²) in [5, 5.41) is 3.01. The van der Waals surface area contributed by atoms with Crippen molar-refractivity contribution < 1.29 is 19.1 Å². The number of nitrogens with one attached hydrogen (secondary N) is 1. The van der Waals surface area contributed by atoms with Gasteiger partial charge in [0.1, 0.15) is 0 Å². The van der Waals surface area contributed by atoms with Crippen LogP contribution in [-0.2, 0) is 9.36 Å². The monoisotopic (exact) mass is 290 g/mol. The van der Waals surface area contributed by atoms with Gasteiger partial charge >= 0.3 is 7.60 Å². The standard InChI is InChI=1S/C12H23N2O4P/c1-3-4-12(14-8(2)15)10-6-5-9(7-11(10)13)19(16,17)18/h5,10-12H,3-4,6-7,13H2,1-2H3,(H,14,15)(H2,16,17,18)/t10-,11-,12-/m0/s1. The molecule has 0 aromatic carbocycles. The van der Waals surface area contributed by atoms with E-state index < -0.39 is 7.60 Å². The molecule has 0 saturated heterocycles. The zero-order valence-corrected chi connectivity index (χ0v) is 12.3. The second kappa shape index (κ2) is 6.66. The maximum atomic E-state index is 11.2. The molecule has 19 heavy (non-hydrogen) atoms. The third kappa shape index (κ3) is 4.73. The van der Waals surface area contributed by atoms with Crippen LogP contribution in [0.3, 0.4) is 0 Å². The van der Waals surface area contributed by atoms with Gasteiger partial charge in [0.15, 0.2) is 0 Å². The fraction of sp³-hybridized carbons (Fsp3) is 0.750. The summed E-state index contributed by atoms with van der Waals surface area (Å²) in [4.78, 5) is 29.5. The van der Waals surface area contributed by atoms with Gasteiger partial charge in [0, 0.05) is 24.3 Å². The largest absolute Gasteiger partial charge is 0.353 e. The van der Waals surface area contributed by atoms with E-state index in [2.05, 4.69) is 5.32 Å². The zero-order valence-electron chi connectivity index (χ0n) is 11.4. The van der Waals surface area contributed by atoms with Crippen LogP contribution >= 0.6 is 7.60 Å². The lowest BCUT2D eigenvalue weighted by Crippen LogP contribution is -2.48. The van der Waals surface area contributed by atoms with E-state index in [4.69, 9.17) is 15.5 Å². The van der Waals surface area contributed by atoms with Crippen LogP contribution in [0.1, 0.15) is 39.5 Å². The summed E-state index contributed by atoms with van der Waals surface area (Å²) >= 11 is 0. The lowest BCUT2D eigenvalue weighted by atomic mass is 9.82. The van der Waals surface area contributed by atoms with Crippen LogP contribution in [0.2, 0.25) is 0 Å². The smallest absolute Gasteiger partial charge is 0.351 e. The maximum absolute atomic E-state index is 11.2. The first-order valence-electron chi connectivity index (χ1n) is 6.53. The number of amides is 1. The highest BCUT2D eigenvalue weighted by Gasteiger charge is 2.34. The minimum Gasteiger partial charge on any atom is -0.353 e. The molecule has 0 aromatic heterocycles. The summed E-state index contributed by atoms with van der Waals surface area (Å²) in [5.74, 6) is -0.0745. The van der Waals surface area contributed by atoms with Crippen molar-refractivity contribution in [3.05, 3.63) is 11.4 Å². The van der Waals surface area contributed by atoms with E-state index in [9.17, 15) is 9.36 Å². The van der Waals surface area contributed by atoms with Crippen molar-refractivity contribution in [2.24, 2.45) is 11.7 Å². The van der Waals surface area contributed by atoms with Crippen LogP contribution in [0.15, 0.2) is 11.4 Å². The average Bonchev–Trinajstić information content (AvgIpc) is 2.26. The predicted octanol–water partition coefficient (Wildman–Crippen LogP) is 1.09. The Balaban J connectivity index is 2.81. The van der Waals surface area contributed by atoms with Crippen molar-refractivity contribution in [1.29, 1.82) is 0 Å². The average molecular weight is 290 g/mol. The van der Waals surface area contributed by atoms with Crippen molar-refractivity contribution in [2.75, 3.05) is 0 Å². The first-order valence-corrected chi connectivity index (χ1v) is 8.14. The van der Waals surface area contributed by atoms with E-state index in [1.165, 1.54) is 6.92 Å². The Labute approximate surface area is 113 Å². The van der Waals surface area contributed by atoms with Gasteiger partial charge in [0.2, 0.25) is 5.91 Å². The molecule has 0 aliphatic heterocycles. The lowest BCUT2D eigenvalue weighted by Gasteiger charge is -2.35. The third-order valence-electron chi connectivity index (χ3n) is 3.50. The molecular formula is C12H23N2O4P.